The Labute approximate surface area is 193 Å². The van der Waals surface area contributed by atoms with Crippen LogP contribution in [0.5, 0.6) is 0 Å². The summed E-state index contributed by atoms with van der Waals surface area (Å²) < 4.78 is 7.46. The molecule has 0 unspecified atom stereocenters. The molecule has 1 aliphatic heterocycles. The molecule has 170 valence electrons. The van der Waals surface area contributed by atoms with Crippen molar-refractivity contribution in [1.82, 2.24) is 20.0 Å². The van der Waals surface area contributed by atoms with Crippen molar-refractivity contribution in [3.05, 3.63) is 47.0 Å². The molecule has 5 rings (SSSR count). The number of hydrogen-bond donors (Lipinski definition) is 1. The van der Waals surface area contributed by atoms with Gasteiger partial charge in [0.1, 0.15) is 4.83 Å². The molecular weight excluding hydrogens is 420 g/mol. The number of nitrogens with one attached hydrogen (secondary N) is 1. The van der Waals surface area contributed by atoms with Crippen LogP contribution in [0.2, 0.25) is 0 Å². The van der Waals surface area contributed by atoms with Gasteiger partial charge in [-0.15, -0.1) is 11.3 Å². The van der Waals surface area contributed by atoms with Crippen LogP contribution in [-0.4, -0.2) is 59.0 Å². The number of methoxy groups -OCH3 is 1. The predicted molar refractivity (Wildman–Crippen MR) is 129 cm³/mol. The lowest BCUT2D eigenvalue weighted by Gasteiger charge is -2.40. The van der Waals surface area contributed by atoms with Crippen LogP contribution < -0.4 is 5.32 Å². The first-order chi connectivity index (χ1) is 15.6. The summed E-state index contributed by atoms with van der Waals surface area (Å²) >= 11 is 1.53. The molecule has 0 bridgehead atoms. The molecule has 1 saturated carbocycles. The van der Waals surface area contributed by atoms with E-state index in [1.807, 2.05) is 55.1 Å². The van der Waals surface area contributed by atoms with Crippen molar-refractivity contribution in [1.29, 1.82) is 0 Å². The molecule has 0 atom stereocenters. The number of likely N-dealkylation sites (tertiary alicyclic amines) is 1. The molecule has 3 aromatic rings. The van der Waals surface area contributed by atoms with E-state index in [1.54, 1.807) is 0 Å². The van der Waals surface area contributed by atoms with Gasteiger partial charge in [-0.2, -0.15) is 5.10 Å². The highest BCUT2D eigenvalue weighted by molar-refractivity contribution is 7.20. The zero-order valence-corrected chi connectivity index (χ0v) is 19.7. The monoisotopic (exact) mass is 452 g/mol. The Morgan fingerprint density at radius 2 is 1.81 bits per heavy atom. The Hall–Kier alpha value is -2.22. The van der Waals surface area contributed by atoms with Crippen LogP contribution in [0.1, 0.15) is 53.9 Å². The van der Waals surface area contributed by atoms with Crippen molar-refractivity contribution in [3.63, 3.8) is 0 Å². The van der Waals surface area contributed by atoms with Crippen molar-refractivity contribution < 1.29 is 9.53 Å². The fourth-order valence-electron chi connectivity index (χ4n) is 5.22. The number of aromatic nitrogens is 2. The second-order valence-corrected chi connectivity index (χ2v) is 10.1. The summed E-state index contributed by atoms with van der Waals surface area (Å²) in [6.07, 6.45) is 7.15. The Morgan fingerprint density at radius 1 is 1.09 bits per heavy atom. The molecule has 0 radical (unpaired) electrons. The predicted octanol–water partition coefficient (Wildman–Crippen LogP) is 4.55. The molecule has 0 spiro atoms. The highest BCUT2D eigenvalue weighted by atomic mass is 32.1. The molecule has 7 heteroatoms. The molecule has 6 nitrogen and oxygen atoms in total. The minimum atomic E-state index is 0.0505. The van der Waals surface area contributed by atoms with Crippen molar-refractivity contribution in [2.75, 3.05) is 20.2 Å². The Bertz CT molecular complexity index is 1060. The third-order valence-electron chi connectivity index (χ3n) is 7.13. The van der Waals surface area contributed by atoms with Crippen LogP contribution in [-0.2, 0) is 4.74 Å². The van der Waals surface area contributed by atoms with E-state index in [1.165, 1.54) is 11.3 Å². The standard InChI is InChI=1S/C25H32N4O2S/c1-17-22-16-23(32-25(22)29(27-17)20-6-4-3-5-7-20)24(30)26-18-8-10-19(11-9-18)28-14-12-21(31-2)13-15-28/h3-7,16,18-19,21H,8-15H2,1-2H3,(H,26,30). The van der Waals surface area contributed by atoms with Gasteiger partial charge in [-0.1, -0.05) is 18.2 Å². The van der Waals surface area contributed by atoms with Crippen LogP contribution >= 0.6 is 11.3 Å². The van der Waals surface area contributed by atoms with E-state index < -0.39 is 0 Å². The molecule has 1 amide bonds. The summed E-state index contributed by atoms with van der Waals surface area (Å²) in [6.45, 7) is 4.28. The van der Waals surface area contributed by atoms with Crippen molar-refractivity contribution in [3.8, 4) is 5.69 Å². The summed E-state index contributed by atoms with van der Waals surface area (Å²) in [6, 6.07) is 13.0. The maximum absolute atomic E-state index is 13.0. The molecule has 2 aliphatic rings. The number of nitrogens with zero attached hydrogens (tertiary/aromatic N) is 3. The second-order valence-electron chi connectivity index (χ2n) is 9.11. The van der Waals surface area contributed by atoms with Gasteiger partial charge in [-0.3, -0.25) is 4.79 Å². The van der Waals surface area contributed by atoms with Gasteiger partial charge in [0, 0.05) is 37.7 Å². The van der Waals surface area contributed by atoms with Crippen LogP contribution in [0.25, 0.3) is 15.9 Å². The lowest BCUT2D eigenvalue weighted by molar-refractivity contribution is 0.0193. The number of benzene rings is 1. The number of carbonyl (C=O) groups excluding carboxylic acids is 1. The van der Waals surface area contributed by atoms with Gasteiger partial charge < -0.3 is 15.0 Å². The van der Waals surface area contributed by atoms with Crippen molar-refractivity contribution in [2.45, 2.75) is 63.6 Å². The van der Waals surface area contributed by atoms with Gasteiger partial charge in [-0.25, -0.2) is 4.68 Å². The Morgan fingerprint density at radius 3 is 2.50 bits per heavy atom. The van der Waals surface area contributed by atoms with Crippen LogP contribution in [0.4, 0.5) is 0 Å². The maximum atomic E-state index is 13.0. The SMILES string of the molecule is COC1CCN(C2CCC(NC(=O)c3cc4c(C)nn(-c5ccccc5)c4s3)CC2)CC1. The van der Waals surface area contributed by atoms with E-state index in [0.717, 1.165) is 78.1 Å². The van der Waals surface area contributed by atoms with Crippen LogP contribution in [0, 0.1) is 6.92 Å². The smallest absolute Gasteiger partial charge is 0.261 e. The van der Waals surface area contributed by atoms with Crippen molar-refractivity contribution in [2.24, 2.45) is 0 Å². The summed E-state index contributed by atoms with van der Waals surface area (Å²) in [7, 11) is 1.82. The quantitative estimate of drug-likeness (QED) is 0.617. The minimum absolute atomic E-state index is 0.0505. The summed E-state index contributed by atoms with van der Waals surface area (Å²) in [5, 5.41) is 9.05. The van der Waals surface area contributed by atoms with E-state index in [0.29, 0.717) is 12.1 Å². The number of thiophene rings is 1. The number of aryl methyl sites for hydroxylation is 1. The zero-order chi connectivity index (χ0) is 22.1. The number of ether oxygens (including phenoxy) is 1. The highest BCUT2D eigenvalue weighted by Gasteiger charge is 2.30. The normalized spacial score (nSPS) is 22.9. The largest absolute Gasteiger partial charge is 0.381 e. The summed E-state index contributed by atoms with van der Waals surface area (Å²) in [4.78, 5) is 17.5. The Balaban J connectivity index is 1.21. The van der Waals surface area contributed by atoms with Gasteiger partial charge in [0.25, 0.3) is 5.91 Å². The van der Waals surface area contributed by atoms with Crippen LogP contribution in [0.3, 0.4) is 0 Å². The van der Waals surface area contributed by atoms with Crippen LogP contribution in [0.15, 0.2) is 36.4 Å². The minimum Gasteiger partial charge on any atom is -0.381 e. The van der Waals surface area contributed by atoms with Gasteiger partial charge in [0.2, 0.25) is 0 Å². The lowest BCUT2D eigenvalue weighted by Crippen LogP contribution is -2.47. The fraction of sp³-hybridized carbons (Fsp3) is 0.520. The third kappa shape index (κ3) is 4.34. The number of carbonyl (C=O) groups is 1. The van der Waals surface area contributed by atoms with E-state index in [-0.39, 0.29) is 11.9 Å². The molecule has 1 aliphatic carbocycles. The first-order valence-corrected chi connectivity index (χ1v) is 12.6. The molecule has 3 heterocycles. The first kappa shape index (κ1) is 21.6. The topological polar surface area (TPSA) is 59.4 Å². The molecule has 32 heavy (non-hydrogen) atoms. The second kappa shape index (κ2) is 9.33. The summed E-state index contributed by atoms with van der Waals surface area (Å²) in [5.41, 5.74) is 1.98. The average Bonchev–Trinajstić information content (AvgIpc) is 3.41. The zero-order valence-electron chi connectivity index (χ0n) is 18.9. The number of fused-ring (bicyclic) bond motifs is 1. The summed E-state index contributed by atoms with van der Waals surface area (Å²) in [5.74, 6) is 0.0505. The van der Waals surface area contributed by atoms with Crippen molar-refractivity contribution >= 4 is 27.5 Å². The molecule has 2 fully saturated rings. The number of para-hydroxylation sites is 1. The number of rotatable bonds is 5. The number of piperidine rings is 1. The molecule has 1 saturated heterocycles. The molecule has 1 N–H and O–H groups in total. The number of hydrogen-bond acceptors (Lipinski definition) is 5. The van der Waals surface area contributed by atoms with Gasteiger partial charge >= 0.3 is 0 Å². The molecular formula is C25H32N4O2S. The van der Waals surface area contributed by atoms with Gasteiger partial charge in [0.05, 0.1) is 22.4 Å². The van der Waals surface area contributed by atoms with Gasteiger partial charge in [0.15, 0.2) is 0 Å². The van der Waals surface area contributed by atoms with E-state index in [9.17, 15) is 4.79 Å². The van der Waals surface area contributed by atoms with E-state index in [4.69, 9.17) is 4.74 Å². The fourth-order valence-corrected chi connectivity index (χ4v) is 6.31. The highest BCUT2D eigenvalue weighted by Crippen LogP contribution is 2.31. The maximum Gasteiger partial charge on any atom is 0.261 e. The van der Waals surface area contributed by atoms with E-state index in [2.05, 4.69) is 15.3 Å². The lowest BCUT2D eigenvalue weighted by atomic mass is 9.89. The molecule has 1 aromatic carbocycles. The third-order valence-corrected chi connectivity index (χ3v) is 8.24. The van der Waals surface area contributed by atoms with E-state index >= 15 is 0 Å². The Kier molecular flexibility index (Phi) is 6.31. The average molecular weight is 453 g/mol. The molecule has 2 aromatic heterocycles. The number of amides is 1. The first-order valence-electron chi connectivity index (χ1n) is 11.7. The van der Waals surface area contributed by atoms with Gasteiger partial charge in [-0.05, 0) is 63.6 Å².